The Bertz CT molecular complexity index is 677. The first-order chi connectivity index (χ1) is 12.2. The number of amides is 2. The van der Waals surface area contributed by atoms with Crippen LogP contribution in [-0.4, -0.2) is 43.0 Å². The molecule has 0 spiro atoms. The lowest BCUT2D eigenvalue weighted by molar-refractivity contribution is -0.134. The van der Waals surface area contributed by atoms with Gasteiger partial charge in [-0.1, -0.05) is 24.3 Å². The molecule has 1 aromatic rings. The third-order valence-corrected chi connectivity index (χ3v) is 5.56. The lowest BCUT2D eigenvalue weighted by Gasteiger charge is -2.26. The van der Waals surface area contributed by atoms with Crippen molar-refractivity contribution in [3.8, 4) is 0 Å². The summed E-state index contributed by atoms with van der Waals surface area (Å²) in [5.74, 6) is 1.37. The highest BCUT2D eigenvalue weighted by Crippen LogP contribution is 2.43. The number of anilines is 1. The highest BCUT2D eigenvalue weighted by molar-refractivity contribution is 5.93. The van der Waals surface area contributed by atoms with Gasteiger partial charge < -0.3 is 15.0 Å². The molecule has 25 heavy (non-hydrogen) atoms. The lowest BCUT2D eigenvalue weighted by atomic mass is 9.93. The molecule has 2 amide bonds. The molecule has 2 aliphatic carbocycles. The summed E-state index contributed by atoms with van der Waals surface area (Å²) in [7, 11) is 0. The number of benzene rings is 1. The Morgan fingerprint density at radius 1 is 1.08 bits per heavy atom. The zero-order valence-corrected chi connectivity index (χ0v) is 14.3. The molecule has 0 aromatic heterocycles. The molecule has 5 nitrogen and oxygen atoms in total. The third kappa shape index (κ3) is 3.61. The van der Waals surface area contributed by atoms with Crippen molar-refractivity contribution >= 4 is 17.5 Å². The Balaban J connectivity index is 1.31. The summed E-state index contributed by atoms with van der Waals surface area (Å²) in [5.41, 5.74) is 1.77. The standard InChI is InChI=1S/C20H24N2O3/c23-19(22-7-9-25-10-8-22)13-14-2-5-17(6-3-14)21-20(24)18-12-15-1-4-16(18)11-15/h1-6,15-16,18H,7-13H2,(H,21,24). The van der Waals surface area contributed by atoms with E-state index in [1.807, 2.05) is 29.2 Å². The predicted octanol–water partition coefficient (Wildman–Crippen LogP) is 2.24. The average Bonchev–Trinajstić information content (AvgIpc) is 3.27. The monoisotopic (exact) mass is 340 g/mol. The van der Waals surface area contributed by atoms with E-state index in [0.717, 1.165) is 24.1 Å². The minimum absolute atomic E-state index is 0.109. The Kier molecular flexibility index (Phi) is 4.57. The van der Waals surface area contributed by atoms with Gasteiger partial charge in [0, 0.05) is 24.7 Å². The smallest absolute Gasteiger partial charge is 0.228 e. The van der Waals surface area contributed by atoms with E-state index in [-0.39, 0.29) is 17.7 Å². The summed E-state index contributed by atoms with van der Waals surface area (Å²) in [5, 5.41) is 3.03. The SMILES string of the molecule is O=C(Nc1ccc(CC(=O)N2CCOCC2)cc1)C1CC2C=CC1C2. The van der Waals surface area contributed by atoms with Gasteiger partial charge in [-0.05, 0) is 42.4 Å². The highest BCUT2D eigenvalue weighted by Gasteiger charge is 2.39. The average molecular weight is 340 g/mol. The number of fused-ring (bicyclic) bond motifs is 2. The van der Waals surface area contributed by atoms with Crippen LogP contribution in [0, 0.1) is 17.8 Å². The van der Waals surface area contributed by atoms with E-state index in [1.165, 1.54) is 0 Å². The number of allylic oxidation sites excluding steroid dienone is 2. The van der Waals surface area contributed by atoms with E-state index in [2.05, 4.69) is 17.5 Å². The highest BCUT2D eigenvalue weighted by atomic mass is 16.5. The molecule has 1 aromatic carbocycles. The molecule has 4 rings (SSSR count). The van der Waals surface area contributed by atoms with Crippen molar-refractivity contribution < 1.29 is 14.3 Å². The maximum atomic E-state index is 12.5. The summed E-state index contributed by atoms with van der Waals surface area (Å²) in [4.78, 5) is 26.6. The minimum atomic E-state index is 0.109. The molecule has 3 atom stereocenters. The van der Waals surface area contributed by atoms with Crippen molar-refractivity contribution in [3.05, 3.63) is 42.0 Å². The third-order valence-electron chi connectivity index (χ3n) is 5.56. The van der Waals surface area contributed by atoms with E-state index in [4.69, 9.17) is 4.74 Å². The van der Waals surface area contributed by atoms with Crippen LogP contribution in [0.2, 0.25) is 0 Å². The molecule has 1 heterocycles. The van der Waals surface area contributed by atoms with Crippen molar-refractivity contribution in [2.45, 2.75) is 19.3 Å². The van der Waals surface area contributed by atoms with Gasteiger partial charge in [0.05, 0.1) is 19.6 Å². The van der Waals surface area contributed by atoms with Crippen LogP contribution >= 0.6 is 0 Å². The van der Waals surface area contributed by atoms with Crippen molar-refractivity contribution in [1.82, 2.24) is 4.90 Å². The van der Waals surface area contributed by atoms with Crippen LogP contribution in [-0.2, 0) is 20.7 Å². The molecule has 1 N–H and O–H groups in total. The molecule has 5 heteroatoms. The zero-order valence-electron chi connectivity index (χ0n) is 14.3. The number of nitrogens with zero attached hydrogens (tertiary/aromatic N) is 1. The van der Waals surface area contributed by atoms with Crippen molar-refractivity contribution in [2.75, 3.05) is 31.6 Å². The molecule has 1 saturated carbocycles. The molecule has 1 aliphatic heterocycles. The van der Waals surface area contributed by atoms with Gasteiger partial charge in [0.15, 0.2) is 0 Å². The van der Waals surface area contributed by atoms with Crippen LogP contribution in [0.25, 0.3) is 0 Å². The van der Waals surface area contributed by atoms with Crippen LogP contribution < -0.4 is 5.32 Å². The normalized spacial score (nSPS) is 27.5. The van der Waals surface area contributed by atoms with E-state index >= 15 is 0 Å². The number of carbonyl (C=O) groups is 2. The van der Waals surface area contributed by atoms with Crippen LogP contribution in [0.15, 0.2) is 36.4 Å². The molecule has 2 fully saturated rings. The van der Waals surface area contributed by atoms with Gasteiger partial charge in [0.25, 0.3) is 0 Å². The fourth-order valence-corrected chi connectivity index (χ4v) is 4.12. The molecule has 1 saturated heterocycles. The number of rotatable bonds is 4. The summed E-state index contributed by atoms with van der Waals surface area (Å²) >= 11 is 0. The van der Waals surface area contributed by atoms with Gasteiger partial charge in [0.1, 0.15) is 0 Å². The number of carbonyl (C=O) groups excluding carboxylic acids is 2. The second-order valence-electron chi connectivity index (χ2n) is 7.24. The van der Waals surface area contributed by atoms with E-state index in [0.29, 0.717) is 44.6 Å². The van der Waals surface area contributed by atoms with Gasteiger partial charge in [0.2, 0.25) is 11.8 Å². The number of morpholine rings is 1. The number of hydrogen-bond acceptors (Lipinski definition) is 3. The first-order valence-corrected chi connectivity index (χ1v) is 9.13. The Hall–Kier alpha value is -2.14. The fourth-order valence-electron chi connectivity index (χ4n) is 4.12. The minimum Gasteiger partial charge on any atom is -0.378 e. The maximum Gasteiger partial charge on any atom is 0.228 e. The first kappa shape index (κ1) is 16.3. The molecule has 0 radical (unpaired) electrons. The lowest BCUT2D eigenvalue weighted by Crippen LogP contribution is -2.41. The Morgan fingerprint density at radius 3 is 2.48 bits per heavy atom. The summed E-state index contributed by atoms with van der Waals surface area (Å²) in [6, 6.07) is 7.63. The number of nitrogens with one attached hydrogen (secondary N) is 1. The van der Waals surface area contributed by atoms with E-state index < -0.39 is 0 Å². The predicted molar refractivity (Wildman–Crippen MR) is 95.0 cm³/mol. The van der Waals surface area contributed by atoms with Crippen molar-refractivity contribution in [2.24, 2.45) is 17.8 Å². The number of ether oxygens (including phenoxy) is 1. The van der Waals surface area contributed by atoms with E-state index in [9.17, 15) is 9.59 Å². The van der Waals surface area contributed by atoms with Gasteiger partial charge in [-0.3, -0.25) is 9.59 Å². The zero-order chi connectivity index (χ0) is 17.2. The van der Waals surface area contributed by atoms with Crippen LogP contribution in [0.3, 0.4) is 0 Å². The van der Waals surface area contributed by atoms with Crippen LogP contribution in [0.1, 0.15) is 18.4 Å². The molecule has 2 bridgehead atoms. The molecular weight excluding hydrogens is 316 g/mol. The molecule has 3 unspecified atom stereocenters. The quantitative estimate of drug-likeness (QED) is 0.855. The van der Waals surface area contributed by atoms with Crippen molar-refractivity contribution in [3.63, 3.8) is 0 Å². The van der Waals surface area contributed by atoms with Gasteiger partial charge in [-0.2, -0.15) is 0 Å². The number of hydrogen-bond donors (Lipinski definition) is 1. The Morgan fingerprint density at radius 2 is 1.84 bits per heavy atom. The van der Waals surface area contributed by atoms with Gasteiger partial charge >= 0.3 is 0 Å². The molecule has 132 valence electrons. The first-order valence-electron chi connectivity index (χ1n) is 9.13. The Labute approximate surface area is 148 Å². The topological polar surface area (TPSA) is 58.6 Å². The largest absolute Gasteiger partial charge is 0.378 e. The second kappa shape index (κ2) is 7.00. The molecule has 3 aliphatic rings. The fraction of sp³-hybridized carbons (Fsp3) is 0.500. The van der Waals surface area contributed by atoms with Gasteiger partial charge in [-0.25, -0.2) is 0 Å². The molecular formula is C20H24N2O3. The summed E-state index contributed by atoms with van der Waals surface area (Å²) < 4.78 is 5.27. The second-order valence-corrected chi connectivity index (χ2v) is 7.24. The van der Waals surface area contributed by atoms with Gasteiger partial charge in [-0.15, -0.1) is 0 Å². The summed E-state index contributed by atoms with van der Waals surface area (Å²) in [6.45, 7) is 2.58. The van der Waals surface area contributed by atoms with Crippen LogP contribution in [0.4, 0.5) is 5.69 Å². The summed E-state index contributed by atoms with van der Waals surface area (Å²) in [6.07, 6.45) is 6.93. The van der Waals surface area contributed by atoms with E-state index in [1.54, 1.807) is 0 Å². The van der Waals surface area contributed by atoms with Crippen molar-refractivity contribution in [1.29, 1.82) is 0 Å². The maximum absolute atomic E-state index is 12.5. The van der Waals surface area contributed by atoms with Crippen LogP contribution in [0.5, 0.6) is 0 Å².